The van der Waals surface area contributed by atoms with E-state index >= 15 is 0 Å². The summed E-state index contributed by atoms with van der Waals surface area (Å²) in [5.41, 5.74) is 2.47. The number of hydrogen-bond acceptors (Lipinski definition) is 4. The lowest BCUT2D eigenvalue weighted by Gasteiger charge is -2.15. The molecule has 2 aromatic rings. The van der Waals surface area contributed by atoms with Crippen molar-refractivity contribution in [3.63, 3.8) is 0 Å². The van der Waals surface area contributed by atoms with E-state index in [0.29, 0.717) is 18.4 Å². The fourth-order valence-electron chi connectivity index (χ4n) is 2.56. The Hall–Kier alpha value is -1.35. The lowest BCUT2D eigenvalue weighted by molar-refractivity contribution is 0.414. The normalized spacial score (nSPS) is 12.4. The predicted octanol–water partition coefficient (Wildman–Crippen LogP) is 4.75. The zero-order valence-electron chi connectivity index (χ0n) is 16.8. The molecule has 0 bridgehead atoms. The highest BCUT2D eigenvalue weighted by Gasteiger charge is 2.08. The quantitative estimate of drug-likeness (QED) is 0.311. The van der Waals surface area contributed by atoms with E-state index in [1.807, 2.05) is 12.1 Å². The standard InChI is InChI=1S/C20H30N4OS.HI/c1-14(2)18-13-26-19(24-18)12-23-20(21-4)22-11-10-15(3)16-6-8-17(25-5)9-7-16;/h6-9,13-15H,10-12H2,1-5H3,(H2,21,22,23);1H. The number of aliphatic imine (C=N–C) groups is 1. The summed E-state index contributed by atoms with van der Waals surface area (Å²) in [5, 5.41) is 9.94. The van der Waals surface area contributed by atoms with Crippen LogP contribution in [-0.2, 0) is 6.54 Å². The molecule has 0 aliphatic carbocycles. The maximum Gasteiger partial charge on any atom is 0.191 e. The van der Waals surface area contributed by atoms with Gasteiger partial charge in [-0.2, -0.15) is 0 Å². The van der Waals surface area contributed by atoms with E-state index in [0.717, 1.165) is 35.4 Å². The molecule has 1 atom stereocenters. The highest BCUT2D eigenvalue weighted by atomic mass is 127. The summed E-state index contributed by atoms with van der Waals surface area (Å²) in [4.78, 5) is 8.93. The second-order valence-electron chi connectivity index (χ2n) is 6.64. The molecule has 1 unspecified atom stereocenters. The Bertz CT molecular complexity index is 700. The molecule has 0 amide bonds. The first-order chi connectivity index (χ1) is 12.5. The fourth-order valence-corrected chi connectivity index (χ4v) is 3.45. The van der Waals surface area contributed by atoms with Gasteiger partial charge in [-0.25, -0.2) is 4.98 Å². The van der Waals surface area contributed by atoms with Crippen molar-refractivity contribution in [2.24, 2.45) is 4.99 Å². The molecule has 1 heterocycles. The Balaban J connectivity index is 0.00000364. The summed E-state index contributed by atoms with van der Waals surface area (Å²) in [6.07, 6.45) is 1.03. The highest BCUT2D eigenvalue weighted by molar-refractivity contribution is 14.0. The van der Waals surface area contributed by atoms with Gasteiger partial charge in [0.2, 0.25) is 0 Å². The SMILES string of the molecule is CN=C(NCCC(C)c1ccc(OC)cc1)NCc1nc(C(C)C)cs1.I. The number of benzene rings is 1. The van der Waals surface area contributed by atoms with Crippen LogP contribution in [0.5, 0.6) is 5.75 Å². The number of halogens is 1. The third-order valence-corrected chi connectivity index (χ3v) is 5.21. The van der Waals surface area contributed by atoms with Gasteiger partial charge < -0.3 is 15.4 Å². The topological polar surface area (TPSA) is 58.5 Å². The Labute approximate surface area is 184 Å². The number of thiazole rings is 1. The number of guanidine groups is 1. The molecule has 27 heavy (non-hydrogen) atoms. The van der Waals surface area contributed by atoms with Crippen LogP contribution >= 0.6 is 35.3 Å². The van der Waals surface area contributed by atoms with Crippen LogP contribution in [0.2, 0.25) is 0 Å². The van der Waals surface area contributed by atoms with Crippen LogP contribution < -0.4 is 15.4 Å². The molecule has 1 aromatic carbocycles. The first-order valence-corrected chi connectivity index (χ1v) is 9.94. The third kappa shape index (κ3) is 7.65. The van der Waals surface area contributed by atoms with Crippen molar-refractivity contribution in [2.45, 2.75) is 45.6 Å². The van der Waals surface area contributed by atoms with Crippen molar-refractivity contribution in [3.8, 4) is 5.75 Å². The van der Waals surface area contributed by atoms with Crippen LogP contribution in [0, 0.1) is 0 Å². The van der Waals surface area contributed by atoms with E-state index in [9.17, 15) is 0 Å². The highest BCUT2D eigenvalue weighted by Crippen LogP contribution is 2.21. The number of rotatable bonds is 8. The van der Waals surface area contributed by atoms with Crippen molar-refractivity contribution in [2.75, 3.05) is 20.7 Å². The molecule has 1 aromatic heterocycles. The number of aromatic nitrogens is 1. The minimum absolute atomic E-state index is 0. The molecule has 7 heteroatoms. The smallest absolute Gasteiger partial charge is 0.191 e. The minimum Gasteiger partial charge on any atom is -0.497 e. The summed E-state index contributed by atoms with van der Waals surface area (Å²) in [6, 6.07) is 8.29. The summed E-state index contributed by atoms with van der Waals surface area (Å²) in [7, 11) is 3.49. The molecule has 0 radical (unpaired) electrons. The van der Waals surface area contributed by atoms with Crippen LogP contribution in [0.3, 0.4) is 0 Å². The zero-order valence-corrected chi connectivity index (χ0v) is 19.9. The van der Waals surface area contributed by atoms with Crippen LogP contribution in [0.15, 0.2) is 34.6 Å². The molecular formula is C20H31IN4OS. The summed E-state index contributed by atoms with van der Waals surface area (Å²) < 4.78 is 5.21. The average molecular weight is 502 g/mol. The van der Waals surface area contributed by atoms with Gasteiger partial charge in [0.05, 0.1) is 19.3 Å². The van der Waals surface area contributed by atoms with Gasteiger partial charge in [0, 0.05) is 19.0 Å². The average Bonchev–Trinajstić information content (AvgIpc) is 3.13. The second-order valence-corrected chi connectivity index (χ2v) is 7.58. The third-order valence-electron chi connectivity index (χ3n) is 4.35. The first-order valence-electron chi connectivity index (χ1n) is 9.06. The molecule has 150 valence electrons. The molecule has 2 rings (SSSR count). The van der Waals surface area contributed by atoms with Gasteiger partial charge in [-0.3, -0.25) is 4.99 Å². The molecule has 0 saturated heterocycles. The number of nitrogens with zero attached hydrogens (tertiary/aromatic N) is 2. The summed E-state index contributed by atoms with van der Waals surface area (Å²) in [6.45, 7) is 8.13. The van der Waals surface area contributed by atoms with Gasteiger partial charge in [0.15, 0.2) is 5.96 Å². The maximum atomic E-state index is 5.21. The monoisotopic (exact) mass is 502 g/mol. The molecule has 0 saturated carbocycles. The number of nitrogens with one attached hydrogen (secondary N) is 2. The summed E-state index contributed by atoms with van der Waals surface area (Å²) in [5.74, 6) is 2.65. The van der Waals surface area contributed by atoms with E-state index in [2.05, 4.69) is 58.9 Å². The number of hydrogen-bond donors (Lipinski definition) is 2. The van der Waals surface area contributed by atoms with Crippen LogP contribution in [0.25, 0.3) is 0 Å². The van der Waals surface area contributed by atoms with Gasteiger partial charge in [0.25, 0.3) is 0 Å². The lowest BCUT2D eigenvalue weighted by atomic mass is 9.98. The van der Waals surface area contributed by atoms with Gasteiger partial charge >= 0.3 is 0 Å². The zero-order chi connectivity index (χ0) is 18.9. The van der Waals surface area contributed by atoms with Crippen molar-refractivity contribution in [1.29, 1.82) is 0 Å². The Morgan fingerprint density at radius 3 is 2.44 bits per heavy atom. The predicted molar refractivity (Wildman–Crippen MR) is 126 cm³/mol. The molecule has 0 spiro atoms. The molecule has 0 aliphatic rings. The van der Waals surface area contributed by atoms with Gasteiger partial charge in [-0.15, -0.1) is 35.3 Å². The lowest BCUT2D eigenvalue weighted by Crippen LogP contribution is -2.37. The molecule has 2 N–H and O–H groups in total. The molecule has 5 nitrogen and oxygen atoms in total. The van der Waals surface area contributed by atoms with E-state index in [-0.39, 0.29) is 24.0 Å². The van der Waals surface area contributed by atoms with Gasteiger partial charge in [-0.05, 0) is 36.0 Å². The van der Waals surface area contributed by atoms with E-state index in [4.69, 9.17) is 4.74 Å². The van der Waals surface area contributed by atoms with Crippen molar-refractivity contribution in [1.82, 2.24) is 15.6 Å². The van der Waals surface area contributed by atoms with Crippen molar-refractivity contribution >= 4 is 41.3 Å². The summed E-state index contributed by atoms with van der Waals surface area (Å²) >= 11 is 1.69. The largest absolute Gasteiger partial charge is 0.497 e. The fraction of sp³-hybridized carbons (Fsp3) is 0.500. The van der Waals surface area contributed by atoms with Crippen molar-refractivity contribution < 1.29 is 4.74 Å². The van der Waals surface area contributed by atoms with E-state index in [1.165, 1.54) is 5.56 Å². The number of methoxy groups -OCH3 is 1. The van der Waals surface area contributed by atoms with E-state index in [1.54, 1.807) is 25.5 Å². The first kappa shape index (κ1) is 23.7. The molecular weight excluding hydrogens is 471 g/mol. The van der Waals surface area contributed by atoms with Gasteiger partial charge in [0.1, 0.15) is 10.8 Å². The molecule has 0 aliphatic heterocycles. The minimum atomic E-state index is 0. The second kappa shape index (κ2) is 12.2. The van der Waals surface area contributed by atoms with Gasteiger partial charge in [-0.1, -0.05) is 32.9 Å². The van der Waals surface area contributed by atoms with Crippen LogP contribution in [0.1, 0.15) is 55.3 Å². The van der Waals surface area contributed by atoms with Crippen molar-refractivity contribution in [3.05, 3.63) is 45.9 Å². The number of ether oxygens (including phenoxy) is 1. The maximum absolute atomic E-state index is 5.21. The molecule has 0 fully saturated rings. The Morgan fingerprint density at radius 1 is 1.19 bits per heavy atom. The van der Waals surface area contributed by atoms with Crippen LogP contribution in [-0.4, -0.2) is 31.6 Å². The Kier molecular flexibility index (Phi) is 10.7. The Morgan fingerprint density at radius 2 is 1.89 bits per heavy atom. The van der Waals surface area contributed by atoms with Crippen LogP contribution in [0.4, 0.5) is 0 Å². The van der Waals surface area contributed by atoms with E-state index < -0.39 is 0 Å².